The van der Waals surface area contributed by atoms with Gasteiger partial charge in [-0.15, -0.1) is 0 Å². The molecule has 0 saturated carbocycles. The van der Waals surface area contributed by atoms with Crippen LogP contribution in [-0.2, 0) is 12.6 Å². The van der Waals surface area contributed by atoms with Gasteiger partial charge in [-0.1, -0.05) is 25.1 Å². The minimum absolute atomic E-state index is 0.143. The molecular weight excluding hydrogens is 267 g/mol. The van der Waals surface area contributed by atoms with Gasteiger partial charge in [0.05, 0.1) is 5.69 Å². The summed E-state index contributed by atoms with van der Waals surface area (Å²) in [6, 6.07) is 8.81. The van der Waals surface area contributed by atoms with E-state index in [4.69, 9.17) is 0 Å². The number of hydrogen-bond acceptors (Lipinski definition) is 3. The zero-order valence-corrected chi connectivity index (χ0v) is 11.1. The first-order chi connectivity index (χ1) is 9.44. The van der Waals surface area contributed by atoms with Crippen LogP contribution < -0.4 is 5.32 Å². The molecule has 6 heteroatoms. The second-order valence-electron chi connectivity index (χ2n) is 4.26. The molecule has 1 N–H and O–H groups in total. The maximum Gasteiger partial charge on any atom is 0.451 e. The van der Waals surface area contributed by atoms with Gasteiger partial charge < -0.3 is 5.32 Å². The third-order valence-electron chi connectivity index (χ3n) is 2.87. The van der Waals surface area contributed by atoms with Crippen LogP contribution >= 0.6 is 0 Å². The van der Waals surface area contributed by atoms with E-state index in [2.05, 4.69) is 15.3 Å². The van der Waals surface area contributed by atoms with E-state index in [1.165, 1.54) is 13.1 Å². The molecule has 106 valence electrons. The molecule has 0 aliphatic carbocycles. The number of nitrogens with one attached hydrogen (secondary N) is 1. The summed E-state index contributed by atoms with van der Waals surface area (Å²) in [6.07, 6.45) is -3.76. The van der Waals surface area contributed by atoms with Gasteiger partial charge >= 0.3 is 6.18 Å². The number of aromatic nitrogens is 2. The van der Waals surface area contributed by atoms with Crippen molar-refractivity contribution in [3.05, 3.63) is 41.7 Å². The zero-order valence-electron chi connectivity index (χ0n) is 11.1. The number of hydrogen-bond donors (Lipinski definition) is 1. The Labute approximate surface area is 114 Å². The molecule has 0 radical (unpaired) electrons. The predicted molar refractivity (Wildman–Crippen MR) is 71.4 cm³/mol. The number of halogens is 3. The minimum atomic E-state index is -4.57. The van der Waals surface area contributed by atoms with E-state index in [9.17, 15) is 13.2 Å². The van der Waals surface area contributed by atoms with Gasteiger partial charge in [0, 0.05) is 18.7 Å². The summed E-state index contributed by atoms with van der Waals surface area (Å²) < 4.78 is 38.4. The van der Waals surface area contributed by atoms with Crippen molar-refractivity contribution < 1.29 is 13.2 Å². The monoisotopic (exact) mass is 281 g/mol. The highest BCUT2D eigenvalue weighted by Crippen LogP contribution is 2.30. The van der Waals surface area contributed by atoms with Gasteiger partial charge in [-0.2, -0.15) is 13.2 Å². The molecule has 20 heavy (non-hydrogen) atoms. The Hall–Kier alpha value is -2.11. The maximum atomic E-state index is 12.8. The average molecular weight is 281 g/mol. The van der Waals surface area contributed by atoms with Crippen LogP contribution in [0.3, 0.4) is 0 Å². The van der Waals surface area contributed by atoms with Crippen molar-refractivity contribution in [1.82, 2.24) is 9.97 Å². The largest absolute Gasteiger partial charge is 0.451 e. The summed E-state index contributed by atoms with van der Waals surface area (Å²) in [4.78, 5) is 7.07. The van der Waals surface area contributed by atoms with Crippen LogP contribution in [0, 0.1) is 0 Å². The van der Waals surface area contributed by atoms with E-state index >= 15 is 0 Å². The first-order valence-electron chi connectivity index (χ1n) is 6.17. The topological polar surface area (TPSA) is 37.8 Å². The molecule has 0 spiro atoms. The standard InChI is InChI=1S/C14H14F3N3/c1-3-9-5-4-6-10(7-9)11-8-12(18-2)20-13(19-11)14(15,16)17/h4-8H,3H2,1-2H3,(H,18,19,20). The summed E-state index contributed by atoms with van der Waals surface area (Å²) >= 11 is 0. The molecule has 2 rings (SSSR count). The summed E-state index contributed by atoms with van der Waals surface area (Å²) in [5, 5.41) is 2.63. The van der Waals surface area contributed by atoms with Crippen molar-refractivity contribution in [2.75, 3.05) is 12.4 Å². The molecule has 1 heterocycles. The van der Waals surface area contributed by atoms with Crippen molar-refractivity contribution in [1.29, 1.82) is 0 Å². The van der Waals surface area contributed by atoms with Gasteiger partial charge in [-0.05, 0) is 18.1 Å². The Balaban J connectivity index is 2.55. The van der Waals surface area contributed by atoms with Crippen molar-refractivity contribution in [2.45, 2.75) is 19.5 Å². The summed E-state index contributed by atoms with van der Waals surface area (Å²) in [5.74, 6) is -0.995. The molecule has 2 aromatic rings. The highest BCUT2D eigenvalue weighted by Gasteiger charge is 2.35. The molecule has 0 unspecified atom stereocenters. The third kappa shape index (κ3) is 3.07. The molecule has 0 amide bonds. The highest BCUT2D eigenvalue weighted by molar-refractivity contribution is 5.63. The molecule has 1 aromatic carbocycles. The minimum Gasteiger partial charge on any atom is -0.373 e. The first-order valence-corrected chi connectivity index (χ1v) is 6.17. The predicted octanol–water partition coefficient (Wildman–Crippen LogP) is 3.77. The third-order valence-corrected chi connectivity index (χ3v) is 2.87. The molecule has 0 fully saturated rings. The summed E-state index contributed by atoms with van der Waals surface area (Å²) in [5.41, 5.74) is 1.95. The fourth-order valence-corrected chi connectivity index (χ4v) is 1.80. The molecule has 1 aromatic heterocycles. The molecular formula is C14H14F3N3. The lowest BCUT2D eigenvalue weighted by Gasteiger charge is -2.10. The van der Waals surface area contributed by atoms with E-state index in [1.54, 1.807) is 6.07 Å². The van der Waals surface area contributed by atoms with Crippen molar-refractivity contribution in [3.8, 4) is 11.3 Å². The van der Waals surface area contributed by atoms with Crippen LogP contribution in [0.25, 0.3) is 11.3 Å². The molecule has 0 aliphatic rings. The van der Waals surface area contributed by atoms with E-state index in [1.807, 2.05) is 25.1 Å². The van der Waals surface area contributed by atoms with Crippen LogP contribution in [0.2, 0.25) is 0 Å². The summed E-state index contributed by atoms with van der Waals surface area (Å²) in [6.45, 7) is 1.99. The smallest absolute Gasteiger partial charge is 0.373 e. The number of nitrogens with zero attached hydrogens (tertiary/aromatic N) is 2. The van der Waals surface area contributed by atoms with Gasteiger partial charge in [-0.25, -0.2) is 9.97 Å². The lowest BCUT2D eigenvalue weighted by atomic mass is 10.1. The molecule has 3 nitrogen and oxygen atoms in total. The van der Waals surface area contributed by atoms with E-state index < -0.39 is 12.0 Å². The number of aryl methyl sites for hydroxylation is 1. The van der Waals surface area contributed by atoms with Crippen LogP contribution in [-0.4, -0.2) is 17.0 Å². The van der Waals surface area contributed by atoms with Gasteiger partial charge in [0.1, 0.15) is 5.82 Å². The van der Waals surface area contributed by atoms with Crippen molar-refractivity contribution in [2.24, 2.45) is 0 Å². The lowest BCUT2D eigenvalue weighted by molar-refractivity contribution is -0.144. The number of anilines is 1. The zero-order chi connectivity index (χ0) is 14.8. The van der Waals surface area contributed by atoms with E-state index in [-0.39, 0.29) is 11.5 Å². The number of rotatable bonds is 3. The van der Waals surface area contributed by atoms with Crippen LogP contribution in [0.15, 0.2) is 30.3 Å². The fraction of sp³-hybridized carbons (Fsp3) is 0.286. The van der Waals surface area contributed by atoms with Crippen molar-refractivity contribution >= 4 is 5.82 Å². The second-order valence-corrected chi connectivity index (χ2v) is 4.26. The van der Waals surface area contributed by atoms with Gasteiger partial charge in [0.15, 0.2) is 0 Å². The molecule has 0 aliphatic heterocycles. The highest BCUT2D eigenvalue weighted by atomic mass is 19.4. The Bertz CT molecular complexity index is 609. The Morgan fingerprint density at radius 3 is 2.50 bits per heavy atom. The number of alkyl halides is 3. The Kier molecular flexibility index (Phi) is 3.92. The Morgan fingerprint density at radius 1 is 1.15 bits per heavy atom. The van der Waals surface area contributed by atoms with E-state index in [0.29, 0.717) is 5.56 Å². The average Bonchev–Trinajstić information content (AvgIpc) is 2.46. The SMILES string of the molecule is CCc1cccc(-c2cc(NC)nc(C(F)(F)F)n2)c1. The van der Waals surface area contributed by atoms with E-state index in [0.717, 1.165) is 12.0 Å². The van der Waals surface area contributed by atoms with Crippen LogP contribution in [0.4, 0.5) is 19.0 Å². The summed E-state index contributed by atoms with van der Waals surface area (Å²) in [7, 11) is 1.52. The number of benzene rings is 1. The first kappa shape index (κ1) is 14.3. The van der Waals surface area contributed by atoms with Gasteiger partial charge in [-0.3, -0.25) is 0 Å². The van der Waals surface area contributed by atoms with Crippen molar-refractivity contribution in [3.63, 3.8) is 0 Å². The molecule has 0 atom stereocenters. The lowest BCUT2D eigenvalue weighted by Crippen LogP contribution is -2.13. The van der Waals surface area contributed by atoms with Crippen LogP contribution in [0.5, 0.6) is 0 Å². The second kappa shape index (κ2) is 5.48. The molecule has 0 bridgehead atoms. The maximum absolute atomic E-state index is 12.8. The van der Waals surface area contributed by atoms with Gasteiger partial charge in [0.25, 0.3) is 0 Å². The fourth-order valence-electron chi connectivity index (χ4n) is 1.80. The van der Waals surface area contributed by atoms with Crippen LogP contribution in [0.1, 0.15) is 18.3 Å². The Morgan fingerprint density at radius 2 is 1.90 bits per heavy atom. The quantitative estimate of drug-likeness (QED) is 0.930. The van der Waals surface area contributed by atoms with Gasteiger partial charge in [0.2, 0.25) is 5.82 Å². The normalized spacial score (nSPS) is 11.4. The molecule has 0 saturated heterocycles.